The molecule has 0 bridgehead atoms. The maximum Gasteiger partial charge on any atom is 0.367 e. The molecule has 1 aliphatic rings. The van der Waals surface area contributed by atoms with E-state index < -0.39 is 25.9 Å². The van der Waals surface area contributed by atoms with Crippen LogP contribution < -0.4 is 0 Å². The molecule has 126 valence electrons. The molecule has 0 aromatic carbocycles. The Bertz CT molecular complexity index is 592. The third-order valence-electron chi connectivity index (χ3n) is 3.27. The number of amides is 2. The first-order valence-electron chi connectivity index (χ1n) is 7.44. The third kappa shape index (κ3) is 5.00. The fourth-order valence-corrected chi connectivity index (χ4v) is 2.63. The average molecular weight is 339 g/mol. The van der Waals surface area contributed by atoms with E-state index in [1.165, 1.54) is 17.1 Å². The lowest BCUT2D eigenvalue weighted by Gasteiger charge is -2.15. The molecule has 1 saturated heterocycles. The van der Waals surface area contributed by atoms with Gasteiger partial charge in [0, 0.05) is 33.7 Å². The lowest BCUT2D eigenvalue weighted by atomic mass is 10.4. The molecule has 0 aliphatic carbocycles. The number of hydrogen-bond acceptors (Lipinski definition) is 6. The highest BCUT2D eigenvalue weighted by molar-refractivity contribution is 6.76. The van der Waals surface area contributed by atoms with Gasteiger partial charge in [0.25, 0.3) is 11.8 Å². The molecule has 0 unspecified atom stereocenters. The molecule has 0 spiro atoms. The van der Waals surface area contributed by atoms with E-state index in [4.69, 9.17) is 9.57 Å². The van der Waals surface area contributed by atoms with Gasteiger partial charge in [0.05, 0.1) is 6.20 Å². The van der Waals surface area contributed by atoms with Crippen LogP contribution in [0.2, 0.25) is 25.7 Å². The van der Waals surface area contributed by atoms with Crippen LogP contribution in [0, 0.1) is 0 Å². The summed E-state index contributed by atoms with van der Waals surface area (Å²) in [4.78, 5) is 39.5. The van der Waals surface area contributed by atoms with Crippen molar-refractivity contribution in [3.05, 3.63) is 18.0 Å². The van der Waals surface area contributed by atoms with Gasteiger partial charge in [-0.05, 0) is 6.04 Å². The van der Waals surface area contributed by atoms with Gasteiger partial charge in [0.2, 0.25) is 0 Å². The van der Waals surface area contributed by atoms with E-state index in [1.54, 1.807) is 0 Å². The van der Waals surface area contributed by atoms with Gasteiger partial charge < -0.3 is 9.57 Å². The van der Waals surface area contributed by atoms with Gasteiger partial charge in [-0.3, -0.25) is 9.59 Å². The van der Waals surface area contributed by atoms with Crippen LogP contribution in [-0.4, -0.2) is 47.3 Å². The quantitative estimate of drug-likeness (QED) is 0.424. The van der Waals surface area contributed by atoms with Gasteiger partial charge in [-0.2, -0.15) is 5.10 Å². The summed E-state index contributed by atoms with van der Waals surface area (Å²) in [5.41, 5.74) is 0.159. The molecule has 0 radical (unpaired) electrons. The van der Waals surface area contributed by atoms with E-state index in [-0.39, 0.29) is 25.1 Å². The Morgan fingerprint density at radius 3 is 2.52 bits per heavy atom. The molecule has 9 heteroatoms. The maximum atomic E-state index is 11.9. The van der Waals surface area contributed by atoms with Crippen molar-refractivity contribution in [2.75, 3.05) is 6.61 Å². The molecule has 1 aliphatic heterocycles. The zero-order chi connectivity index (χ0) is 17.0. The Kier molecular flexibility index (Phi) is 5.32. The summed E-state index contributed by atoms with van der Waals surface area (Å²) in [6.07, 6.45) is 2.91. The van der Waals surface area contributed by atoms with Crippen LogP contribution in [0.4, 0.5) is 0 Å². The second-order valence-corrected chi connectivity index (χ2v) is 12.2. The average Bonchev–Trinajstić information content (AvgIpc) is 3.04. The minimum atomic E-state index is -1.14. The minimum absolute atomic E-state index is 0.0658. The van der Waals surface area contributed by atoms with Crippen molar-refractivity contribution in [2.24, 2.45) is 0 Å². The first kappa shape index (κ1) is 17.4. The van der Waals surface area contributed by atoms with Crippen molar-refractivity contribution in [1.82, 2.24) is 14.8 Å². The summed E-state index contributed by atoms with van der Waals surface area (Å²) in [5, 5.41) is 4.52. The van der Waals surface area contributed by atoms with Crippen molar-refractivity contribution in [1.29, 1.82) is 0 Å². The standard InChI is InChI=1S/C14H21N3O5Si/c1-23(2,3)7-6-21-10-16-9-11(8-15-16)14(20)22-17-12(18)4-5-13(17)19/h8-9H,4-7,10H2,1-3H3. The van der Waals surface area contributed by atoms with E-state index in [1.807, 2.05) is 0 Å². The van der Waals surface area contributed by atoms with Crippen molar-refractivity contribution in [2.45, 2.75) is 45.3 Å². The van der Waals surface area contributed by atoms with Gasteiger partial charge >= 0.3 is 5.97 Å². The molecule has 8 nitrogen and oxygen atoms in total. The van der Waals surface area contributed by atoms with E-state index in [0.29, 0.717) is 11.7 Å². The van der Waals surface area contributed by atoms with Gasteiger partial charge in [-0.1, -0.05) is 19.6 Å². The van der Waals surface area contributed by atoms with Crippen LogP contribution in [0.25, 0.3) is 0 Å². The number of imide groups is 1. The lowest BCUT2D eigenvalue weighted by molar-refractivity contribution is -0.172. The summed E-state index contributed by atoms with van der Waals surface area (Å²) < 4.78 is 6.99. The number of hydrogen-bond donors (Lipinski definition) is 0. The van der Waals surface area contributed by atoms with Crippen molar-refractivity contribution >= 4 is 25.9 Å². The second-order valence-electron chi connectivity index (χ2n) is 6.58. The number of carbonyl (C=O) groups excluding carboxylic acids is 3. The fourth-order valence-electron chi connectivity index (χ4n) is 1.87. The topological polar surface area (TPSA) is 90.7 Å². The van der Waals surface area contributed by atoms with Crippen molar-refractivity contribution in [3.8, 4) is 0 Å². The number of hydroxylamine groups is 2. The highest BCUT2D eigenvalue weighted by atomic mass is 28.3. The van der Waals surface area contributed by atoms with Crippen molar-refractivity contribution < 1.29 is 24.0 Å². The highest BCUT2D eigenvalue weighted by Gasteiger charge is 2.33. The Morgan fingerprint density at radius 2 is 1.91 bits per heavy atom. The van der Waals surface area contributed by atoms with E-state index in [2.05, 4.69) is 24.7 Å². The van der Waals surface area contributed by atoms with Crippen LogP contribution >= 0.6 is 0 Å². The number of aromatic nitrogens is 2. The van der Waals surface area contributed by atoms with Gasteiger partial charge in [-0.15, -0.1) is 5.06 Å². The lowest BCUT2D eigenvalue weighted by Crippen LogP contribution is -2.31. The minimum Gasteiger partial charge on any atom is -0.360 e. The predicted octanol–water partition coefficient (Wildman–Crippen LogP) is 1.42. The molecule has 0 saturated carbocycles. The Labute approximate surface area is 135 Å². The van der Waals surface area contributed by atoms with E-state index in [0.717, 1.165) is 6.04 Å². The van der Waals surface area contributed by atoms with Crippen LogP contribution in [0.15, 0.2) is 12.4 Å². The normalized spacial score (nSPS) is 15.3. The molecule has 0 atom stereocenters. The molecule has 2 heterocycles. The summed E-state index contributed by atoms with van der Waals surface area (Å²) in [7, 11) is -1.14. The summed E-state index contributed by atoms with van der Waals surface area (Å²) in [6.45, 7) is 7.67. The fraction of sp³-hybridized carbons (Fsp3) is 0.571. The number of carbonyl (C=O) groups is 3. The Balaban J connectivity index is 1.83. The smallest absolute Gasteiger partial charge is 0.360 e. The first-order chi connectivity index (χ1) is 10.8. The Morgan fingerprint density at radius 1 is 1.26 bits per heavy atom. The largest absolute Gasteiger partial charge is 0.367 e. The van der Waals surface area contributed by atoms with E-state index >= 15 is 0 Å². The zero-order valence-corrected chi connectivity index (χ0v) is 14.6. The molecule has 2 amide bonds. The van der Waals surface area contributed by atoms with Crippen LogP contribution in [-0.2, 0) is 25.9 Å². The molecule has 23 heavy (non-hydrogen) atoms. The molecule has 1 aromatic rings. The van der Waals surface area contributed by atoms with Crippen LogP contribution in [0.5, 0.6) is 0 Å². The van der Waals surface area contributed by atoms with Gasteiger partial charge in [0.15, 0.2) is 0 Å². The SMILES string of the molecule is C[Si](C)(C)CCOCn1cc(C(=O)ON2C(=O)CCC2=O)cn1. The molecule has 0 N–H and O–H groups in total. The second kappa shape index (κ2) is 7.05. The monoisotopic (exact) mass is 339 g/mol. The molecule has 2 rings (SSSR count). The first-order valence-corrected chi connectivity index (χ1v) is 11.2. The molecular weight excluding hydrogens is 318 g/mol. The highest BCUT2D eigenvalue weighted by Crippen LogP contribution is 2.14. The summed E-state index contributed by atoms with van der Waals surface area (Å²) in [6, 6.07) is 1.04. The van der Waals surface area contributed by atoms with E-state index in [9.17, 15) is 14.4 Å². The molecule has 1 fully saturated rings. The van der Waals surface area contributed by atoms with Crippen LogP contribution in [0.3, 0.4) is 0 Å². The van der Waals surface area contributed by atoms with Crippen molar-refractivity contribution in [3.63, 3.8) is 0 Å². The third-order valence-corrected chi connectivity index (χ3v) is 4.97. The zero-order valence-electron chi connectivity index (χ0n) is 13.6. The number of rotatable bonds is 7. The summed E-state index contributed by atoms with van der Waals surface area (Å²) in [5.74, 6) is -1.81. The predicted molar refractivity (Wildman–Crippen MR) is 82.8 cm³/mol. The van der Waals surface area contributed by atoms with Gasteiger partial charge in [0.1, 0.15) is 12.3 Å². The van der Waals surface area contributed by atoms with Gasteiger partial charge in [-0.25, -0.2) is 9.48 Å². The Hall–Kier alpha value is -2.00. The summed E-state index contributed by atoms with van der Waals surface area (Å²) >= 11 is 0. The number of ether oxygens (including phenoxy) is 1. The number of nitrogens with zero attached hydrogens (tertiary/aromatic N) is 3. The molecule has 1 aromatic heterocycles. The molecular formula is C14H21N3O5Si. The maximum absolute atomic E-state index is 11.9. The van der Waals surface area contributed by atoms with Crippen LogP contribution in [0.1, 0.15) is 23.2 Å².